The van der Waals surface area contributed by atoms with Crippen LogP contribution in [0.4, 0.5) is 5.69 Å². The molecule has 1 amide bonds. The van der Waals surface area contributed by atoms with Crippen LogP contribution in [0.3, 0.4) is 0 Å². The maximum absolute atomic E-state index is 10.9. The van der Waals surface area contributed by atoms with Gasteiger partial charge in [-0.15, -0.1) is 0 Å². The highest BCUT2D eigenvalue weighted by Gasteiger charge is 1.98. The molecule has 0 saturated heterocycles. The maximum atomic E-state index is 10.9. The van der Waals surface area contributed by atoms with Crippen LogP contribution in [0.1, 0.15) is 6.42 Å². The zero-order valence-electron chi connectivity index (χ0n) is 6.32. The number of anilines is 1. The van der Waals surface area contributed by atoms with Gasteiger partial charge < -0.3 is 5.32 Å². The first-order valence-corrected chi connectivity index (χ1v) is 3.40. The maximum Gasteiger partial charge on any atom is 0.238 e. The Kier molecular flexibility index (Phi) is 2.79. The average Bonchev–Trinajstić information content (AvgIpc) is 2.06. The minimum atomic E-state index is -0.302. The Morgan fingerprint density at radius 2 is 2.25 bits per heavy atom. The zero-order chi connectivity index (χ0) is 8.81. The van der Waals surface area contributed by atoms with E-state index in [1.54, 1.807) is 30.6 Å². The topological polar surface area (TPSA) is 65.8 Å². The van der Waals surface area contributed by atoms with Crippen molar-refractivity contribution in [1.82, 2.24) is 4.98 Å². The molecule has 1 rings (SSSR count). The number of hydrogen-bond donors (Lipinski definition) is 1. The number of aromatic nitrogens is 1. The minimum absolute atomic E-state index is 0.123. The Morgan fingerprint density at radius 1 is 1.58 bits per heavy atom. The Hall–Kier alpha value is -1.89. The van der Waals surface area contributed by atoms with Crippen molar-refractivity contribution in [2.45, 2.75) is 6.42 Å². The SMILES string of the molecule is N#CCC(=O)Nc1ccncc1. The van der Waals surface area contributed by atoms with Crippen molar-refractivity contribution in [2.24, 2.45) is 0 Å². The van der Waals surface area contributed by atoms with Crippen molar-refractivity contribution >= 4 is 11.6 Å². The first-order valence-electron chi connectivity index (χ1n) is 3.40. The van der Waals surface area contributed by atoms with Gasteiger partial charge in [0.05, 0.1) is 6.07 Å². The number of rotatable bonds is 2. The molecule has 1 aromatic heterocycles. The lowest BCUT2D eigenvalue weighted by molar-refractivity contribution is -0.115. The summed E-state index contributed by atoms with van der Waals surface area (Å²) in [6.45, 7) is 0. The van der Waals surface area contributed by atoms with Crippen LogP contribution in [0.15, 0.2) is 24.5 Å². The number of carbonyl (C=O) groups excluding carboxylic acids is 1. The van der Waals surface area contributed by atoms with Crippen molar-refractivity contribution in [3.8, 4) is 6.07 Å². The van der Waals surface area contributed by atoms with E-state index >= 15 is 0 Å². The first kappa shape index (κ1) is 8.21. The van der Waals surface area contributed by atoms with E-state index in [0.29, 0.717) is 5.69 Å². The summed E-state index contributed by atoms with van der Waals surface area (Å²) in [5, 5.41) is 10.7. The fourth-order valence-electron chi connectivity index (χ4n) is 0.712. The summed E-state index contributed by atoms with van der Waals surface area (Å²) in [6.07, 6.45) is 3.02. The predicted octanol–water partition coefficient (Wildman–Crippen LogP) is 0.934. The largest absolute Gasteiger partial charge is 0.325 e. The fourth-order valence-corrected chi connectivity index (χ4v) is 0.712. The molecule has 0 aliphatic heterocycles. The predicted molar refractivity (Wildman–Crippen MR) is 43.1 cm³/mol. The van der Waals surface area contributed by atoms with Crippen molar-refractivity contribution in [1.29, 1.82) is 5.26 Å². The highest BCUT2D eigenvalue weighted by atomic mass is 16.1. The van der Waals surface area contributed by atoms with Gasteiger partial charge in [0.25, 0.3) is 0 Å². The van der Waals surface area contributed by atoms with Crippen molar-refractivity contribution < 1.29 is 4.79 Å². The number of hydrogen-bond acceptors (Lipinski definition) is 3. The monoisotopic (exact) mass is 161 g/mol. The van der Waals surface area contributed by atoms with Gasteiger partial charge in [-0.1, -0.05) is 0 Å². The third-order valence-electron chi connectivity index (χ3n) is 1.20. The van der Waals surface area contributed by atoms with E-state index in [0.717, 1.165) is 0 Å². The van der Waals surface area contributed by atoms with Gasteiger partial charge in [0.15, 0.2) is 0 Å². The lowest BCUT2D eigenvalue weighted by atomic mass is 10.3. The number of pyridine rings is 1. The Bertz CT molecular complexity index is 302. The third-order valence-corrected chi connectivity index (χ3v) is 1.20. The van der Waals surface area contributed by atoms with Gasteiger partial charge in [-0.2, -0.15) is 5.26 Å². The molecule has 12 heavy (non-hydrogen) atoms. The van der Waals surface area contributed by atoms with Gasteiger partial charge in [-0.3, -0.25) is 9.78 Å². The summed E-state index contributed by atoms with van der Waals surface area (Å²) in [5.74, 6) is -0.302. The summed E-state index contributed by atoms with van der Waals surface area (Å²) in [5.41, 5.74) is 0.658. The summed E-state index contributed by atoms with van der Waals surface area (Å²) >= 11 is 0. The number of carbonyl (C=O) groups is 1. The van der Waals surface area contributed by atoms with Crippen LogP contribution in [-0.4, -0.2) is 10.9 Å². The van der Waals surface area contributed by atoms with Crippen LogP contribution < -0.4 is 5.32 Å². The summed E-state index contributed by atoms with van der Waals surface area (Å²) in [7, 11) is 0. The molecule has 0 spiro atoms. The lowest BCUT2D eigenvalue weighted by Gasteiger charge is -1.99. The minimum Gasteiger partial charge on any atom is -0.325 e. The van der Waals surface area contributed by atoms with E-state index in [-0.39, 0.29) is 12.3 Å². The van der Waals surface area contributed by atoms with E-state index in [1.165, 1.54) is 0 Å². The normalized spacial score (nSPS) is 8.58. The van der Waals surface area contributed by atoms with E-state index in [1.807, 2.05) is 0 Å². The van der Waals surface area contributed by atoms with E-state index in [4.69, 9.17) is 5.26 Å². The molecule has 0 bridgehead atoms. The molecule has 60 valence electrons. The van der Waals surface area contributed by atoms with Gasteiger partial charge in [0, 0.05) is 18.1 Å². The van der Waals surface area contributed by atoms with Gasteiger partial charge in [0.1, 0.15) is 6.42 Å². The molecule has 0 aliphatic carbocycles. The molecule has 0 fully saturated rings. The van der Waals surface area contributed by atoms with Crippen LogP contribution in [0, 0.1) is 11.3 Å². The number of nitriles is 1. The third kappa shape index (κ3) is 2.39. The van der Waals surface area contributed by atoms with Gasteiger partial charge in [-0.05, 0) is 12.1 Å². The number of nitrogens with one attached hydrogen (secondary N) is 1. The Balaban J connectivity index is 2.54. The van der Waals surface area contributed by atoms with Crippen LogP contribution >= 0.6 is 0 Å². The molecule has 1 aromatic rings. The zero-order valence-corrected chi connectivity index (χ0v) is 6.32. The van der Waals surface area contributed by atoms with Crippen molar-refractivity contribution in [3.05, 3.63) is 24.5 Å². The van der Waals surface area contributed by atoms with E-state index in [2.05, 4.69) is 10.3 Å². The van der Waals surface area contributed by atoms with Gasteiger partial charge in [-0.25, -0.2) is 0 Å². The molecular weight excluding hydrogens is 154 g/mol. The first-order chi connectivity index (χ1) is 5.83. The standard InChI is InChI=1S/C8H7N3O/c9-4-1-8(12)11-7-2-5-10-6-3-7/h2-3,5-6H,1H2,(H,10,11,12). The second kappa shape index (κ2) is 4.09. The summed E-state index contributed by atoms with van der Waals surface area (Å²) in [6, 6.07) is 5.08. The van der Waals surface area contributed by atoms with Gasteiger partial charge >= 0.3 is 0 Å². The summed E-state index contributed by atoms with van der Waals surface area (Å²) in [4.78, 5) is 14.6. The van der Waals surface area contributed by atoms with E-state index < -0.39 is 0 Å². The molecule has 0 unspecified atom stereocenters. The smallest absolute Gasteiger partial charge is 0.238 e. The highest BCUT2D eigenvalue weighted by Crippen LogP contribution is 2.02. The van der Waals surface area contributed by atoms with Crippen LogP contribution in [0.5, 0.6) is 0 Å². The lowest BCUT2D eigenvalue weighted by Crippen LogP contribution is -2.09. The van der Waals surface area contributed by atoms with Crippen LogP contribution in [0.25, 0.3) is 0 Å². The Morgan fingerprint density at radius 3 is 2.83 bits per heavy atom. The highest BCUT2D eigenvalue weighted by molar-refractivity contribution is 5.91. The molecule has 0 saturated carbocycles. The summed E-state index contributed by atoms with van der Waals surface area (Å²) < 4.78 is 0. The van der Waals surface area contributed by atoms with Crippen LogP contribution in [-0.2, 0) is 4.79 Å². The number of amides is 1. The number of nitrogens with zero attached hydrogens (tertiary/aromatic N) is 2. The second-order valence-electron chi connectivity index (χ2n) is 2.12. The van der Waals surface area contributed by atoms with Crippen molar-refractivity contribution in [2.75, 3.05) is 5.32 Å². The molecule has 4 heteroatoms. The second-order valence-corrected chi connectivity index (χ2v) is 2.12. The van der Waals surface area contributed by atoms with Crippen LogP contribution in [0.2, 0.25) is 0 Å². The van der Waals surface area contributed by atoms with Gasteiger partial charge in [0.2, 0.25) is 5.91 Å². The Labute approximate surface area is 69.8 Å². The average molecular weight is 161 g/mol. The molecule has 0 aliphatic rings. The molecule has 1 N–H and O–H groups in total. The molecular formula is C8H7N3O. The molecule has 0 atom stereocenters. The molecule has 0 radical (unpaired) electrons. The quantitative estimate of drug-likeness (QED) is 0.701. The van der Waals surface area contributed by atoms with Crippen molar-refractivity contribution in [3.63, 3.8) is 0 Å². The molecule has 1 heterocycles. The van der Waals surface area contributed by atoms with E-state index in [9.17, 15) is 4.79 Å². The molecule has 4 nitrogen and oxygen atoms in total. The molecule has 0 aromatic carbocycles. The fraction of sp³-hybridized carbons (Fsp3) is 0.125.